The van der Waals surface area contributed by atoms with E-state index in [1.54, 1.807) is 0 Å². The molecule has 1 aliphatic heterocycles. The van der Waals surface area contributed by atoms with E-state index in [2.05, 4.69) is 34.3 Å². The first-order valence-electron chi connectivity index (χ1n) is 8.86. The van der Waals surface area contributed by atoms with Crippen LogP contribution in [0.4, 0.5) is 4.79 Å². The Morgan fingerprint density at radius 1 is 1.12 bits per heavy atom. The maximum atomic E-state index is 12.5. The molecule has 5 nitrogen and oxygen atoms in total. The molecule has 0 bridgehead atoms. The average Bonchev–Trinajstić information content (AvgIpc) is 2.63. The largest absolute Gasteiger partial charge is 0.331 e. The van der Waals surface area contributed by atoms with Crippen LogP contribution in [-0.2, 0) is 6.54 Å². The minimum Gasteiger partial charge on any atom is -0.331 e. The molecule has 1 aromatic carbocycles. The Labute approximate surface area is 149 Å². The highest BCUT2D eigenvalue weighted by Gasteiger charge is 2.22. The number of benzene rings is 1. The summed E-state index contributed by atoms with van der Waals surface area (Å²) in [5, 5.41) is 3.13. The molecule has 25 heavy (non-hydrogen) atoms. The quantitative estimate of drug-likeness (QED) is 0.932. The smallest absolute Gasteiger partial charge is 0.317 e. The van der Waals surface area contributed by atoms with Gasteiger partial charge in [0, 0.05) is 38.9 Å². The maximum Gasteiger partial charge on any atom is 0.317 e. The Hall–Kier alpha value is -2.40. The van der Waals surface area contributed by atoms with E-state index < -0.39 is 0 Å². The van der Waals surface area contributed by atoms with Crippen LogP contribution in [0.3, 0.4) is 0 Å². The fourth-order valence-electron chi connectivity index (χ4n) is 3.26. The number of nitrogens with one attached hydrogen (secondary N) is 1. The number of pyridine rings is 1. The molecule has 0 spiro atoms. The summed E-state index contributed by atoms with van der Waals surface area (Å²) in [6.07, 6.45) is 1.83. The number of carbonyl (C=O) groups is 1. The van der Waals surface area contributed by atoms with Crippen molar-refractivity contribution in [3.05, 3.63) is 65.5 Å². The van der Waals surface area contributed by atoms with Crippen molar-refractivity contribution in [1.82, 2.24) is 20.1 Å². The van der Waals surface area contributed by atoms with E-state index in [9.17, 15) is 4.79 Å². The van der Waals surface area contributed by atoms with Gasteiger partial charge in [-0.2, -0.15) is 0 Å². The van der Waals surface area contributed by atoms with Crippen molar-refractivity contribution in [3.8, 4) is 0 Å². The molecule has 5 heteroatoms. The number of hydrogen-bond donors (Lipinski definition) is 1. The van der Waals surface area contributed by atoms with E-state index in [1.165, 1.54) is 11.1 Å². The zero-order valence-corrected chi connectivity index (χ0v) is 15.0. The van der Waals surface area contributed by atoms with Crippen molar-refractivity contribution in [1.29, 1.82) is 0 Å². The van der Waals surface area contributed by atoms with Crippen molar-refractivity contribution in [3.63, 3.8) is 0 Å². The van der Waals surface area contributed by atoms with Gasteiger partial charge in [0.25, 0.3) is 0 Å². The van der Waals surface area contributed by atoms with Gasteiger partial charge in [-0.05, 0) is 37.1 Å². The summed E-state index contributed by atoms with van der Waals surface area (Å²) in [6.45, 7) is 8.21. The van der Waals surface area contributed by atoms with Crippen molar-refractivity contribution in [2.45, 2.75) is 26.4 Å². The first kappa shape index (κ1) is 17.4. The molecule has 2 amide bonds. The van der Waals surface area contributed by atoms with E-state index in [1.807, 2.05) is 48.4 Å². The second-order valence-corrected chi connectivity index (χ2v) is 6.61. The summed E-state index contributed by atoms with van der Waals surface area (Å²) in [4.78, 5) is 21.2. The minimum atomic E-state index is 0.0141. The molecule has 0 aliphatic carbocycles. The first-order valence-corrected chi connectivity index (χ1v) is 8.86. The normalized spacial score (nSPS) is 16.5. The summed E-state index contributed by atoms with van der Waals surface area (Å²) in [5.41, 5.74) is 3.45. The van der Waals surface area contributed by atoms with Crippen molar-refractivity contribution in [2.24, 2.45) is 0 Å². The minimum absolute atomic E-state index is 0.0141. The highest BCUT2D eigenvalue weighted by atomic mass is 16.2. The second kappa shape index (κ2) is 8.12. The van der Waals surface area contributed by atoms with Crippen molar-refractivity contribution in [2.75, 3.05) is 26.2 Å². The Kier molecular flexibility index (Phi) is 5.66. The Morgan fingerprint density at radius 2 is 1.84 bits per heavy atom. The fraction of sp³-hybridized carbons (Fsp3) is 0.400. The molecule has 3 rings (SSSR count). The molecule has 1 atom stereocenters. The van der Waals surface area contributed by atoms with Gasteiger partial charge in [0.1, 0.15) is 0 Å². The number of rotatable bonds is 4. The second-order valence-electron chi connectivity index (χ2n) is 6.61. The third-order valence-corrected chi connectivity index (χ3v) is 4.77. The van der Waals surface area contributed by atoms with Gasteiger partial charge >= 0.3 is 6.03 Å². The Balaban J connectivity index is 1.49. The highest BCUT2D eigenvalue weighted by molar-refractivity contribution is 5.74. The molecule has 0 unspecified atom stereocenters. The van der Waals surface area contributed by atoms with Crippen LogP contribution in [-0.4, -0.2) is 47.0 Å². The van der Waals surface area contributed by atoms with E-state index in [-0.39, 0.29) is 12.1 Å². The van der Waals surface area contributed by atoms with Crippen LogP contribution >= 0.6 is 0 Å². The monoisotopic (exact) mass is 338 g/mol. The summed E-state index contributed by atoms with van der Waals surface area (Å²) in [7, 11) is 0. The molecule has 1 aliphatic rings. The summed E-state index contributed by atoms with van der Waals surface area (Å²) >= 11 is 0. The van der Waals surface area contributed by atoms with Crippen LogP contribution in [0.25, 0.3) is 0 Å². The van der Waals surface area contributed by atoms with Gasteiger partial charge in [-0.25, -0.2) is 4.79 Å². The van der Waals surface area contributed by atoms with Crippen LogP contribution in [0.15, 0.2) is 48.7 Å². The molecular weight excluding hydrogens is 312 g/mol. The summed E-state index contributed by atoms with van der Waals surface area (Å²) < 4.78 is 0. The van der Waals surface area contributed by atoms with E-state index in [0.29, 0.717) is 0 Å². The van der Waals surface area contributed by atoms with Crippen molar-refractivity contribution < 1.29 is 4.79 Å². The maximum absolute atomic E-state index is 12.5. The number of hydrogen-bond acceptors (Lipinski definition) is 3. The van der Waals surface area contributed by atoms with Gasteiger partial charge in [0.05, 0.1) is 11.7 Å². The van der Waals surface area contributed by atoms with E-state index in [4.69, 9.17) is 0 Å². The third-order valence-electron chi connectivity index (χ3n) is 4.77. The lowest BCUT2D eigenvalue weighted by Gasteiger charge is -2.35. The van der Waals surface area contributed by atoms with Crippen LogP contribution in [0.1, 0.15) is 29.8 Å². The molecule has 0 saturated carbocycles. The Morgan fingerprint density at radius 3 is 2.52 bits per heavy atom. The van der Waals surface area contributed by atoms with Crippen LogP contribution in [0.5, 0.6) is 0 Å². The number of amides is 2. The standard InChI is InChI=1S/C20H26N4O/c1-16-7-3-4-9-19(16)17(2)22-20(25)24-13-11-23(12-14-24)15-18-8-5-6-10-21-18/h3-10,17H,11-15H2,1-2H3,(H,22,25)/t17-/m0/s1. The predicted molar refractivity (Wildman–Crippen MR) is 99.2 cm³/mol. The number of aromatic nitrogens is 1. The summed E-state index contributed by atoms with van der Waals surface area (Å²) in [5.74, 6) is 0. The van der Waals surface area contributed by atoms with E-state index in [0.717, 1.165) is 38.4 Å². The SMILES string of the molecule is Cc1ccccc1[C@H](C)NC(=O)N1CCN(Cc2ccccn2)CC1. The van der Waals surface area contributed by atoms with Crippen LogP contribution in [0, 0.1) is 6.92 Å². The van der Waals surface area contributed by atoms with Crippen LogP contribution < -0.4 is 5.32 Å². The van der Waals surface area contributed by atoms with Gasteiger partial charge in [-0.1, -0.05) is 30.3 Å². The molecule has 1 aromatic heterocycles. The molecule has 0 radical (unpaired) electrons. The molecular formula is C20H26N4O. The average molecular weight is 338 g/mol. The van der Waals surface area contributed by atoms with Crippen LogP contribution in [0.2, 0.25) is 0 Å². The number of piperazine rings is 1. The topological polar surface area (TPSA) is 48.5 Å². The molecule has 1 fully saturated rings. The van der Waals surface area contributed by atoms with Gasteiger partial charge in [-0.3, -0.25) is 9.88 Å². The number of urea groups is 1. The zero-order chi connectivity index (χ0) is 17.6. The lowest BCUT2D eigenvalue weighted by molar-refractivity contribution is 0.133. The highest BCUT2D eigenvalue weighted by Crippen LogP contribution is 2.17. The third kappa shape index (κ3) is 4.57. The lowest BCUT2D eigenvalue weighted by atomic mass is 10.0. The van der Waals surface area contributed by atoms with Gasteiger partial charge in [0.15, 0.2) is 0 Å². The zero-order valence-electron chi connectivity index (χ0n) is 15.0. The van der Waals surface area contributed by atoms with Crippen molar-refractivity contribution >= 4 is 6.03 Å². The molecule has 1 saturated heterocycles. The van der Waals surface area contributed by atoms with Gasteiger partial charge in [0.2, 0.25) is 0 Å². The molecule has 2 heterocycles. The van der Waals surface area contributed by atoms with E-state index >= 15 is 0 Å². The first-order chi connectivity index (χ1) is 12.1. The number of carbonyl (C=O) groups excluding carboxylic acids is 1. The lowest BCUT2D eigenvalue weighted by Crippen LogP contribution is -2.51. The molecule has 1 N–H and O–H groups in total. The molecule has 132 valence electrons. The van der Waals surface area contributed by atoms with Gasteiger partial charge in [-0.15, -0.1) is 0 Å². The van der Waals surface area contributed by atoms with Gasteiger partial charge < -0.3 is 10.2 Å². The Bertz CT molecular complexity index is 696. The number of nitrogens with zero attached hydrogens (tertiary/aromatic N) is 3. The summed E-state index contributed by atoms with van der Waals surface area (Å²) in [6, 6.07) is 14.2. The molecule has 2 aromatic rings. The number of aryl methyl sites for hydroxylation is 1. The fourth-order valence-corrected chi connectivity index (χ4v) is 3.26. The predicted octanol–water partition coefficient (Wildman–Crippen LogP) is 2.98.